The van der Waals surface area contributed by atoms with Gasteiger partial charge in [-0.25, -0.2) is 0 Å². The molecule has 1 aliphatic heterocycles. The van der Waals surface area contributed by atoms with Gasteiger partial charge in [0.1, 0.15) is 12.0 Å². The van der Waals surface area contributed by atoms with Crippen LogP contribution < -0.4 is 0 Å². The quantitative estimate of drug-likeness (QED) is 0.524. The van der Waals surface area contributed by atoms with Crippen molar-refractivity contribution in [3.8, 4) is 0 Å². The highest BCUT2D eigenvalue weighted by Gasteiger charge is 2.13. The Morgan fingerprint density at radius 2 is 2.56 bits per heavy atom. The molecule has 0 aromatic heterocycles. The van der Waals surface area contributed by atoms with Crippen molar-refractivity contribution < 1.29 is 4.74 Å². The van der Waals surface area contributed by atoms with Crippen LogP contribution in [0.3, 0.4) is 0 Å². The fraction of sp³-hybridized carbons (Fsp3) is 0.500. The van der Waals surface area contributed by atoms with E-state index >= 15 is 0 Å². The molecule has 0 bridgehead atoms. The third-order valence-corrected chi connectivity index (χ3v) is 1.61. The molecule has 0 aliphatic carbocycles. The summed E-state index contributed by atoms with van der Waals surface area (Å²) in [6, 6.07) is 0. The Labute approximate surface area is 56.0 Å². The highest BCUT2D eigenvalue weighted by atomic mass is 16.5. The van der Waals surface area contributed by atoms with E-state index in [1.807, 2.05) is 6.08 Å². The number of ether oxygens (including phenoxy) is 1. The first-order valence-corrected chi connectivity index (χ1v) is 3.35. The van der Waals surface area contributed by atoms with Gasteiger partial charge in [-0.1, -0.05) is 13.0 Å². The van der Waals surface area contributed by atoms with E-state index in [1.54, 1.807) is 6.26 Å². The smallest absolute Gasteiger partial charge is 0.139 e. The summed E-state index contributed by atoms with van der Waals surface area (Å²) < 4.78 is 4.89. The molecule has 0 N–H and O–H groups in total. The predicted octanol–water partition coefficient (Wildman–Crippen LogP) is 2.46. The molecule has 1 heterocycles. The molecular weight excluding hydrogens is 112 g/mol. The normalized spacial score (nSPS) is 17.7. The molecule has 0 fully saturated rings. The van der Waals surface area contributed by atoms with Gasteiger partial charge in [-0.3, -0.25) is 0 Å². The van der Waals surface area contributed by atoms with Crippen LogP contribution in [0.4, 0.5) is 0 Å². The van der Waals surface area contributed by atoms with Crippen molar-refractivity contribution in [1.82, 2.24) is 0 Å². The SMILES string of the molecule is C=CC(CC)CC1=CO1. The maximum atomic E-state index is 4.89. The van der Waals surface area contributed by atoms with Crippen molar-refractivity contribution in [3.63, 3.8) is 0 Å². The molecule has 1 atom stereocenters. The van der Waals surface area contributed by atoms with Crippen LogP contribution in [0, 0.1) is 5.92 Å². The number of allylic oxidation sites excluding steroid dienone is 2. The predicted molar refractivity (Wildman–Crippen MR) is 37.8 cm³/mol. The van der Waals surface area contributed by atoms with Crippen molar-refractivity contribution in [2.75, 3.05) is 0 Å². The summed E-state index contributed by atoms with van der Waals surface area (Å²) in [7, 11) is 0. The molecule has 1 unspecified atom stereocenters. The molecule has 1 nitrogen and oxygen atoms in total. The third kappa shape index (κ3) is 1.92. The second-order valence-electron chi connectivity index (χ2n) is 2.31. The fourth-order valence-corrected chi connectivity index (χ4v) is 0.791. The van der Waals surface area contributed by atoms with E-state index in [0.29, 0.717) is 5.92 Å². The molecule has 1 heteroatoms. The standard InChI is InChI=1S/C8H12O/c1-3-7(4-2)5-8-6-9-8/h3,6-7H,1,4-5H2,2H3. The van der Waals surface area contributed by atoms with Crippen LogP contribution in [0.2, 0.25) is 0 Å². The first-order valence-electron chi connectivity index (χ1n) is 3.35. The average molecular weight is 124 g/mol. The van der Waals surface area contributed by atoms with Gasteiger partial charge in [0.15, 0.2) is 0 Å². The number of rotatable bonds is 4. The van der Waals surface area contributed by atoms with Crippen molar-refractivity contribution in [2.45, 2.75) is 19.8 Å². The highest BCUT2D eigenvalue weighted by Crippen LogP contribution is 2.24. The van der Waals surface area contributed by atoms with Gasteiger partial charge < -0.3 is 4.74 Å². The fourth-order valence-electron chi connectivity index (χ4n) is 0.791. The van der Waals surface area contributed by atoms with Crippen molar-refractivity contribution in [3.05, 3.63) is 24.7 Å². The van der Waals surface area contributed by atoms with Crippen molar-refractivity contribution >= 4 is 0 Å². The molecule has 0 saturated heterocycles. The minimum Gasteiger partial charge on any atom is -0.463 e. The second-order valence-corrected chi connectivity index (χ2v) is 2.31. The van der Waals surface area contributed by atoms with Crippen LogP contribution in [0.5, 0.6) is 0 Å². The summed E-state index contributed by atoms with van der Waals surface area (Å²) in [5, 5.41) is 0. The monoisotopic (exact) mass is 124 g/mol. The Morgan fingerprint density at radius 3 is 2.89 bits per heavy atom. The van der Waals surface area contributed by atoms with Gasteiger partial charge in [0, 0.05) is 6.42 Å². The molecule has 1 rings (SSSR count). The van der Waals surface area contributed by atoms with Gasteiger partial charge in [0.25, 0.3) is 0 Å². The number of hydrogen-bond donors (Lipinski definition) is 0. The molecule has 0 amide bonds. The van der Waals surface area contributed by atoms with Crippen LogP contribution in [0.1, 0.15) is 19.8 Å². The Morgan fingerprint density at radius 1 is 1.89 bits per heavy atom. The molecule has 50 valence electrons. The lowest BCUT2D eigenvalue weighted by Crippen LogP contribution is -1.91. The van der Waals surface area contributed by atoms with E-state index in [2.05, 4.69) is 13.5 Å². The lowest BCUT2D eigenvalue weighted by Gasteiger charge is -2.02. The molecule has 0 spiro atoms. The molecule has 0 saturated carbocycles. The van der Waals surface area contributed by atoms with Gasteiger partial charge in [-0.2, -0.15) is 0 Å². The van der Waals surface area contributed by atoms with Crippen LogP contribution in [-0.2, 0) is 4.74 Å². The van der Waals surface area contributed by atoms with Gasteiger partial charge in [-0.05, 0) is 12.3 Å². The zero-order chi connectivity index (χ0) is 6.69. The van der Waals surface area contributed by atoms with Crippen molar-refractivity contribution in [1.29, 1.82) is 0 Å². The Bertz CT molecular complexity index is 136. The largest absolute Gasteiger partial charge is 0.463 e. The second kappa shape index (κ2) is 2.72. The number of hydrogen-bond acceptors (Lipinski definition) is 1. The summed E-state index contributed by atoms with van der Waals surface area (Å²) in [5.41, 5.74) is 0. The third-order valence-electron chi connectivity index (χ3n) is 1.61. The maximum absolute atomic E-state index is 4.89. The average Bonchev–Trinajstić information content (AvgIpc) is 2.66. The Hall–Kier alpha value is -0.720. The van der Waals surface area contributed by atoms with Crippen LogP contribution in [-0.4, -0.2) is 0 Å². The van der Waals surface area contributed by atoms with Crippen molar-refractivity contribution in [2.24, 2.45) is 5.92 Å². The van der Waals surface area contributed by atoms with E-state index in [-0.39, 0.29) is 0 Å². The van der Waals surface area contributed by atoms with Gasteiger partial charge in [0.2, 0.25) is 0 Å². The van der Waals surface area contributed by atoms with E-state index in [4.69, 9.17) is 4.74 Å². The Kier molecular flexibility index (Phi) is 1.93. The first-order chi connectivity index (χ1) is 4.36. The van der Waals surface area contributed by atoms with Gasteiger partial charge in [-0.15, -0.1) is 6.58 Å². The summed E-state index contributed by atoms with van der Waals surface area (Å²) >= 11 is 0. The summed E-state index contributed by atoms with van der Waals surface area (Å²) in [6.45, 7) is 5.89. The topological polar surface area (TPSA) is 12.5 Å². The highest BCUT2D eigenvalue weighted by molar-refractivity contribution is 5.05. The van der Waals surface area contributed by atoms with Crippen LogP contribution in [0.25, 0.3) is 0 Å². The molecule has 1 aliphatic rings. The summed E-state index contributed by atoms with van der Waals surface area (Å²) in [4.78, 5) is 0. The molecule has 0 aromatic rings. The van der Waals surface area contributed by atoms with E-state index in [9.17, 15) is 0 Å². The van der Waals surface area contributed by atoms with E-state index in [1.165, 1.54) is 0 Å². The lowest BCUT2D eigenvalue weighted by molar-refractivity contribution is 0.454. The zero-order valence-corrected chi connectivity index (χ0v) is 5.76. The van der Waals surface area contributed by atoms with Gasteiger partial charge >= 0.3 is 0 Å². The molecular formula is C8H12O. The first kappa shape index (κ1) is 6.40. The van der Waals surface area contributed by atoms with E-state index in [0.717, 1.165) is 18.6 Å². The molecule has 9 heavy (non-hydrogen) atoms. The Balaban J connectivity index is 2.20. The van der Waals surface area contributed by atoms with Crippen LogP contribution in [0.15, 0.2) is 24.7 Å². The maximum Gasteiger partial charge on any atom is 0.139 e. The minimum absolute atomic E-state index is 0.610. The lowest BCUT2D eigenvalue weighted by atomic mass is 10.0. The zero-order valence-electron chi connectivity index (χ0n) is 5.76. The molecule has 0 aromatic carbocycles. The summed E-state index contributed by atoms with van der Waals surface area (Å²) in [5.74, 6) is 1.74. The van der Waals surface area contributed by atoms with E-state index < -0.39 is 0 Å². The van der Waals surface area contributed by atoms with Crippen LogP contribution >= 0.6 is 0 Å². The minimum atomic E-state index is 0.610. The summed E-state index contributed by atoms with van der Waals surface area (Å²) in [6.07, 6.45) is 5.98. The molecule has 0 radical (unpaired) electrons. The van der Waals surface area contributed by atoms with Gasteiger partial charge in [0.05, 0.1) is 0 Å².